The van der Waals surface area contributed by atoms with Crippen LogP contribution in [0.2, 0.25) is 0 Å². The molecule has 2 aliphatic heterocycles. The second-order valence-corrected chi connectivity index (χ2v) is 12.4. The first-order valence-electron chi connectivity index (χ1n) is 12.4. The number of piperidine rings is 1. The average molecular weight is 586 g/mol. The molecule has 2 aromatic carbocycles. The van der Waals surface area contributed by atoms with E-state index in [1.54, 1.807) is 0 Å². The number of ether oxygens (including phenoxy) is 1. The van der Waals surface area contributed by atoms with Crippen molar-refractivity contribution in [2.75, 3.05) is 36.2 Å². The predicted octanol–water partition coefficient (Wildman–Crippen LogP) is 4.80. The molecular formula is C27H29BrN4O4S. The van der Waals surface area contributed by atoms with E-state index >= 15 is 0 Å². The summed E-state index contributed by atoms with van der Waals surface area (Å²) in [6.07, 6.45) is 3.29. The number of nitrogens with zero attached hydrogens (tertiary/aromatic N) is 3. The first-order valence-corrected chi connectivity index (χ1v) is 14.8. The lowest BCUT2D eigenvalue weighted by Gasteiger charge is -2.33. The van der Waals surface area contributed by atoms with Gasteiger partial charge in [-0.3, -0.25) is 4.79 Å². The fourth-order valence-corrected chi connectivity index (χ4v) is 6.86. The van der Waals surface area contributed by atoms with Gasteiger partial charge in [0, 0.05) is 23.2 Å². The second kappa shape index (κ2) is 10.8. The van der Waals surface area contributed by atoms with E-state index in [9.17, 15) is 13.2 Å². The van der Waals surface area contributed by atoms with Crippen molar-refractivity contribution in [3.05, 3.63) is 69.8 Å². The molecule has 1 aromatic heterocycles. The Hall–Kier alpha value is -2.98. The van der Waals surface area contributed by atoms with E-state index in [2.05, 4.69) is 50.4 Å². The number of rotatable bonds is 6. The van der Waals surface area contributed by atoms with Crippen LogP contribution >= 0.6 is 15.9 Å². The smallest absolute Gasteiger partial charge is 0.309 e. The number of halogens is 1. The third kappa shape index (κ3) is 5.80. The Balaban J connectivity index is 1.39. The Bertz CT molecular complexity index is 1390. The van der Waals surface area contributed by atoms with E-state index in [4.69, 9.17) is 14.7 Å². The summed E-state index contributed by atoms with van der Waals surface area (Å²) in [6, 6.07) is 15.7. The Morgan fingerprint density at radius 1 is 1.08 bits per heavy atom. The molecule has 1 N–H and O–H groups in total. The summed E-state index contributed by atoms with van der Waals surface area (Å²) in [6.45, 7) is 1.60. The maximum absolute atomic E-state index is 13.0. The van der Waals surface area contributed by atoms with Gasteiger partial charge in [-0.15, -0.1) is 0 Å². The van der Waals surface area contributed by atoms with E-state index < -0.39 is 9.84 Å². The number of fused-ring (bicyclic) bond motifs is 1. The number of aryl methyl sites for hydroxylation is 1. The van der Waals surface area contributed by atoms with Crippen molar-refractivity contribution in [1.82, 2.24) is 9.97 Å². The van der Waals surface area contributed by atoms with Crippen LogP contribution in [0.25, 0.3) is 0 Å². The molecule has 2 aliphatic rings. The molecule has 1 saturated heterocycles. The molecule has 194 valence electrons. The Morgan fingerprint density at radius 2 is 1.78 bits per heavy atom. The minimum absolute atomic E-state index is 0.0913. The monoisotopic (exact) mass is 584 g/mol. The molecule has 0 spiro atoms. The summed E-state index contributed by atoms with van der Waals surface area (Å²) >= 11 is 3.50. The quantitative estimate of drug-likeness (QED) is 0.412. The highest BCUT2D eigenvalue weighted by atomic mass is 79.9. The normalized spacial score (nSPS) is 17.2. The fourth-order valence-electron chi connectivity index (χ4n) is 4.97. The number of nitrogens with one attached hydrogen (secondary N) is 1. The first kappa shape index (κ1) is 25.7. The van der Waals surface area contributed by atoms with E-state index in [0.29, 0.717) is 41.9 Å². The van der Waals surface area contributed by atoms with Crippen LogP contribution in [-0.2, 0) is 32.2 Å². The molecule has 0 radical (unpaired) electrons. The van der Waals surface area contributed by atoms with Gasteiger partial charge in [0.1, 0.15) is 4.90 Å². The predicted molar refractivity (Wildman–Crippen MR) is 146 cm³/mol. The van der Waals surface area contributed by atoms with Gasteiger partial charge < -0.3 is 15.0 Å². The van der Waals surface area contributed by atoms with Crippen LogP contribution in [0.4, 0.5) is 17.5 Å². The van der Waals surface area contributed by atoms with E-state index in [1.807, 2.05) is 24.3 Å². The topological polar surface area (TPSA) is 101 Å². The summed E-state index contributed by atoms with van der Waals surface area (Å²) < 4.78 is 31.8. The Kier molecular flexibility index (Phi) is 7.48. The lowest BCUT2D eigenvalue weighted by atomic mass is 9.90. The molecule has 0 aliphatic carbocycles. The van der Waals surface area contributed by atoms with Crippen molar-refractivity contribution in [3.8, 4) is 0 Å². The van der Waals surface area contributed by atoms with Crippen LogP contribution in [0.5, 0.6) is 0 Å². The molecule has 5 rings (SSSR count). The molecule has 0 atom stereocenters. The van der Waals surface area contributed by atoms with E-state index in [-0.39, 0.29) is 23.0 Å². The van der Waals surface area contributed by atoms with Crippen molar-refractivity contribution in [1.29, 1.82) is 0 Å². The van der Waals surface area contributed by atoms with Gasteiger partial charge >= 0.3 is 5.97 Å². The number of sulfone groups is 1. The van der Waals surface area contributed by atoms with Gasteiger partial charge in [-0.1, -0.05) is 40.2 Å². The molecule has 0 unspecified atom stereocenters. The molecule has 3 aromatic rings. The summed E-state index contributed by atoms with van der Waals surface area (Å²) in [5.74, 6) is 1.13. The van der Waals surface area contributed by atoms with Crippen molar-refractivity contribution >= 4 is 49.2 Å². The van der Waals surface area contributed by atoms with Crippen LogP contribution in [-0.4, -0.2) is 50.3 Å². The van der Waals surface area contributed by atoms with Gasteiger partial charge in [0.15, 0.2) is 15.7 Å². The van der Waals surface area contributed by atoms with E-state index in [1.165, 1.54) is 12.7 Å². The van der Waals surface area contributed by atoms with Crippen molar-refractivity contribution < 1.29 is 17.9 Å². The summed E-state index contributed by atoms with van der Waals surface area (Å²) in [5.41, 5.74) is 3.41. The van der Waals surface area contributed by atoms with E-state index in [0.717, 1.165) is 36.0 Å². The Morgan fingerprint density at radius 3 is 2.46 bits per heavy atom. The molecule has 10 heteroatoms. The molecule has 3 heterocycles. The number of methoxy groups -OCH3 is 1. The molecule has 0 saturated carbocycles. The SMILES string of the molecule is COC(=O)Cc1ccc(Nc2nc(N3CCC(c4ccc(Br)cc4)CC3)nc3c2S(=O)(=O)CCC3)cc1. The Labute approximate surface area is 225 Å². The van der Waals surface area contributed by atoms with Gasteiger partial charge in [-0.05, 0) is 67.0 Å². The zero-order chi connectivity index (χ0) is 26.0. The minimum atomic E-state index is -3.49. The maximum atomic E-state index is 13.0. The molecule has 0 bridgehead atoms. The lowest BCUT2D eigenvalue weighted by molar-refractivity contribution is -0.139. The molecule has 0 amide bonds. The van der Waals surface area contributed by atoms with Crippen LogP contribution in [0, 0.1) is 0 Å². The maximum Gasteiger partial charge on any atom is 0.309 e. The van der Waals surface area contributed by atoms with Crippen LogP contribution in [0.3, 0.4) is 0 Å². The summed E-state index contributed by atoms with van der Waals surface area (Å²) in [4.78, 5) is 23.4. The fraction of sp³-hybridized carbons (Fsp3) is 0.370. The van der Waals surface area contributed by atoms with Gasteiger partial charge in [0.2, 0.25) is 5.95 Å². The number of benzene rings is 2. The third-order valence-electron chi connectivity index (χ3n) is 6.97. The highest BCUT2D eigenvalue weighted by Crippen LogP contribution is 2.35. The van der Waals surface area contributed by atoms with Crippen LogP contribution in [0.15, 0.2) is 57.9 Å². The third-order valence-corrected chi connectivity index (χ3v) is 9.38. The zero-order valence-corrected chi connectivity index (χ0v) is 23.0. The van der Waals surface area contributed by atoms with Crippen molar-refractivity contribution in [2.24, 2.45) is 0 Å². The largest absolute Gasteiger partial charge is 0.469 e. The summed E-state index contributed by atoms with van der Waals surface area (Å²) in [5, 5.41) is 3.22. The highest BCUT2D eigenvalue weighted by molar-refractivity contribution is 9.10. The van der Waals surface area contributed by atoms with Gasteiger partial charge in [-0.25, -0.2) is 13.4 Å². The zero-order valence-electron chi connectivity index (χ0n) is 20.6. The molecule has 37 heavy (non-hydrogen) atoms. The number of anilines is 3. The van der Waals surface area contributed by atoms with Gasteiger partial charge in [0.05, 0.1) is 25.0 Å². The number of carbonyl (C=O) groups excluding carboxylic acids is 1. The number of esters is 1. The molecule has 8 nitrogen and oxygen atoms in total. The van der Waals surface area contributed by atoms with Gasteiger partial charge in [-0.2, -0.15) is 4.98 Å². The molecule has 1 fully saturated rings. The second-order valence-electron chi connectivity index (χ2n) is 9.46. The first-order chi connectivity index (χ1) is 17.8. The number of hydrogen-bond donors (Lipinski definition) is 1. The molecular weight excluding hydrogens is 556 g/mol. The summed E-state index contributed by atoms with van der Waals surface area (Å²) in [7, 11) is -2.13. The average Bonchev–Trinajstić information content (AvgIpc) is 2.90. The minimum Gasteiger partial charge on any atom is -0.469 e. The van der Waals surface area contributed by atoms with Crippen LogP contribution in [0.1, 0.15) is 42.0 Å². The number of hydrogen-bond acceptors (Lipinski definition) is 8. The number of carbonyl (C=O) groups is 1. The van der Waals surface area contributed by atoms with Crippen LogP contribution < -0.4 is 10.2 Å². The highest BCUT2D eigenvalue weighted by Gasteiger charge is 2.32. The van der Waals surface area contributed by atoms with Crippen molar-refractivity contribution in [3.63, 3.8) is 0 Å². The van der Waals surface area contributed by atoms with Gasteiger partial charge in [0.25, 0.3) is 0 Å². The standard InChI is InChI=1S/C27H29BrN4O4S/c1-36-24(33)17-18-4-10-22(11-5-18)29-26-25-23(3-2-16-37(25,34)35)30-27(31-26)32-14-12-20(13-15-32)19-6-8-21(28)9-7-19/h4-11,20H,2-3,12-17H2,1H3,(H,29,30,31). The van der Waals surface area contributed by atoms with Crippen molar-refractivity contribution in [2.45, 2.75) is 42.9 Å². The lowest BCUT2D eigenvalue weighted by Crippen LogP contribution is -2.35. The number of aromatic nitrogens is 2.